The summed E-state index contributed by atoms with van der Waals surface area (Å²) in [6.07, 6.45) is 0. The van der Waals surface area contributed by atoms with Gasteiger partial charge in [0.2, 0.25) is 10.0 Å². The molecule has 0 aliphatic carbocycles. The number of para-hydroxylation sites is 1. The molecule has 102 valence electrons. The highest BCUT2D eigenvalue weighted by Crippen LogP contribution is 2.32. The second-order valence-electron chi connectivity index (χ2n) is 3.85. The summed E-state index contributed by atoms with van der Waals surface area (Å²) in [6.45, 7) is 0. The van der Waals surface area contributed by atoms with Crippen molar-refractivity contribution in [3.63, 3.8) is 0 Å². The quantitative estimate of drug-likeness (QED) is 0.943. The highest BCUT2D eigenvalue weighted by Gasteiger charge is 2.12. The zero-order valence-electron chi connectivity index (χ0n) is 10.1. The lowest BCUT2D eigenvalue weighted by Crippen LogP contribution is -2.11. The lowest BCUT2D eigenvalue weighted by molar-refractivity contribution is 0.481. The van der Waals surface area contributed by atoms with Crippen LogP contribution in [0, 0.1) is 11.3 Å². The molecule has 0 aliphatic heterocycles. The van der Waals surface area contributed by atoms with Crippen molar-refractivity contribution in [2.24, 2.45) is 5.14 Å². The number of benzene rings is 2. The number of hydrogen-bond donors (Lipinski definition) is 1. The Labute approximate surface area is 121 Å². The van der Waals surface area contributed by atoms with Gasteiger partial charge in [0, 0.05) is 0 Å². The van der Waals surface area contributed by atoms with Crippen LogP contribution in [-0.2, 0) is 10.0 Å². The zero-order chi connectivity index (χ0) is 14.8. The van der Waals surface area contributed by atoms with Gasteiger partial charge >= 0.3 is 0 Å². The average molecular weight is 309 g/mol. The zero-order valence-corrected chi connectivity index (χ0v) is 11.6. The predicted octanol–water partition coefficient (Wildman–Crippen LogP) is 2.65. The summed E-state index contributed by atoms with van der Waals surface area (Å²) in [6, 6.07) is 12.5. The number of hydrogen-bond acceptors (Lipinski definition) is 4. The average Bonchev–Trinajstić information content (AvgIpc) is 2.40. The van der Waals surface area contributed by atoms with Crippen molar-refractivity contribution in [1.29, 1.82) is 5.26 Å². The van der Waals surface area contributed by atoms with Crippen molar-refractivity contribution >= 4 is 21.6 Å². The van der Waals surface area contributed by atoms with Crippen LogP contribution in [0.5, 0.6) is 11.5 Å². The predicted molar refractivity (Wildman–Crippen MR) is 74.1 cm³/mol. The van der Waals surface area contributed by atoms with E-state index in [1.807, 2.05) is 6.07 Å². The molecule has 0 unspecified atom stereocenters. The normalized spacial score (nSPS) is 10.8. The van der Waals surface area contributed by atoms with Gasteiger partial charge in [-0.3, -0.25) is 0 Å². The molecule has 0 aliphatic rings. The van der Waals surface area contributed by atoms with Crippen LogP contribution in [0.1, 0.15) is 5.56 Å². The van der Waals surface area contributed by atoms with Gasteiger partial charge in [-0.25, -0.2) is 13.6 Å². The van der Waals surface area contributed by atoms with Gasteiger partial charge in [-0.2, -0.15) is 5.26 Å². The van der Waals surface area contributed by atoms with Crippen molar-refractivity contribution in [3.05, 3.63) is 53.1 Å². The first-order valence-corrected chi connectivity index (χ1v) is 7.33. The summed E-state index contributed by atoms with van der Waals surface area (Å²) in [7, 11) is -3.82. The first-order chi connectivity index (χ1) is 9.41. The van der Waals surface area contributed by atoms with E-state index in [0.717, 1.165) is 0 Å². The molecule has 2 aromatic carbocycles. The molecule has 0 saturated carbocycles. The van der Waals surface area contributed by atoms with Crippen LogP contribution >= 0.6 is 11.6 Å². The maximum absolute atomic E-state index is 11.2. The second kappa shape index (κ2) is 5.51. The fourth-order valence-electron chi connectivity index (χ4n) is 1.51. The molecule has 0 radical (unpaired) electrons. The second-order valence-corrected chi connectivity index (χ2v) is 5.82. The molecular weight excluding hydrogens is 300 g/mol. The fourth-order valence-corrected chi connectivity index (χ4v) is 2.33. The van der Waals surface area contributed by atoms with Crippen molar-refractivity contribution < 1.29 is 13.2 Å². The summed E-state index contributed by atoms with van der Waals surface area (Å²) in [5.74, 6) is 0.571. The van der Waals surface area contributed by atoms with Crippen LogP contribution in [-0.4, -0.2) is 8.42 Å². The number of nitrogens with zero attached hydrogens (tertiary/aromatic N) is 1. The Morgan fingerprint density at radius 3 is 2.45 bits per heavy atom. The summed E-state index contributed by atoms with van der Waals surface area (Å²) < 4.78 is 27.9. The SMILES string of the molecule is N#Cc1ccccc1Oc1ccc(S(N)(=O)=O)cc1Cl. The fraction of sp³-hybridized carbons (Fsp3) is 0. The molecule has 2 rings (SSSR count). The third-order valence-corrected chi connectivity index (χ3v) is 3.67. The molecule has 0 aromatic heterocycles. The van der Waals surface area contributed by atoms with E-state index in [-0.39, 0.29) is 15.7 Å². The maximum Gasteiger partial charge on any atom is 0.238 e. The third kappa shape index (κ3) is 3.08. The number of rotatable bonds is 3. The van der Waals surface area contributed by atoms with Crippen LogP contribution < -0.4 is 9.88 Å². The molecule has 0 amide bonds. The van der Waals surface area contributed by atoms with Crippen molar-refractivity contribution in [2.75, 3.05) is 0 Å². The Kier molecular flexibility index (Phi) is 3.95. The van der Waals surface area contributed by atoms with Crippen LogP contribution in [0.15, 0.2) is 47.4 Å². The van der Waals surface area contributed by atoms with Crippen LogP contribution in [0.25, 0.3) is 0 Å². The van der Waals surface area contributed by atoms with Gasteiger partial charge in [-0.05, 0) is 30.3 Å². The molecule has 7 heteroatoms. The largest absolute Gasteiger partial charge is 0.454 e. The molecule has 0 fully saturated rings. The van der Waals surface area contributed by atoms with E-state index in [4.69, 9.17) is 26.7 Å². The summed E-state index contributed by atoms with van der Waals surface area (Å²) in [5.41, 5.74) is 0.346. The van der Waals surface area contributed by atoms with Crippen molar-refractivity contribution in [2.45, 2.75) is 4.90 Å². The van der Waals surface area contributed by atoms with Gasteiger partial charge in [-0.1, -0.05) is 23.7 Å². The van der Waals surface area contributed by atoms with Crippen LogP contribution in [0.2, 0.25) is 5.02 Å². The summed E-state index contributed by atoms with van der Waals surface area (Å²) >= 11 is 5.95. The van der Waals surface area contributed by atoms with E-state index < -0.39 is 10.0 Å². The summed E-state index contributed by atoms with van der Waals surface area (Å²) in [4.78, 5) is -0.108. The van der Waals surface area contributed by atoms with E-state index in [2.05, 4.69) is 0 Å². The third-order valence-electron chi connectivity index (χ3n) is 2.46. The highest BCUT2D eigenvalue weighted by atomic mass is 35.5. The first kappa shape index (κ1) is 14.3. The maximum atomic E-state index is 11.2. The number of primary sulfonamides is 1. The first-order valence-electron chi connectivity index (χ1n) is 5.41. The van der Waals surface area contributed by atoms with Crippen molar-refractivity contribution in [3.8, 4) is 17.6 Å². The lowest BCUT2D eigenvalue weighted by atomic mass is 10.2. The highest BCUT2D eigenvalue weighted by molar-refractivity contribution is 7.89. The number of halogens is 1. The van der Waals surface area contributed by atoms with Crippen molar-refractivity contribution in [1.82, 2.24) is 0 Å². The minimum atomic E-state index is -3.82. The molecule has 20 heavy (non-hydrogen) atoms. The molecule has 0 bridgehead atoms. The molecule has 0 spiro atoms. The number of nitriles is 1. The Hall–Kier alpha value is -2.07. The minimum absolute atomic E-state index is 0.0873. The van der Waals surface area contributed by atoms with E-state index in [1.165, 1.54) is 18.2 Å². The topological polar surface area (TPSA) is 93.2 Å². The van der Waals surface area contributed by atoms with E-state index in [9.17, 15) is 8.42 Å². The van der Waals surface area contributed by atoms with E-state index in [1.54, 1.807) is 24.3 Å². The Morgan fingerprint density at radius 1 is 1.15 bits per heavy atom. The molecule has 2 N–H and O–H groups in total. The smallest absolute Gasteiger partial charge is 0.238 e. The molecule has 0 heterocycles. The van der Waals surface area contributed by atoms with Crippen LogP contribution in [0.4, 0.5) is 0 Å². The monoisotopic (exact) mass is 308 g/mol. The van der Waals surface area contributed by atoms with Gasteiger partial charge in [0.25, 0.3) is 0 Å². The molecule has 5 nitrogen and oxygen atoms in total. The minimum Gasteiger partial charge on any atom is -0.454 e. The summed E-state index contributed by atoms with van der Waals surface area (Å²) in [5, 5.41) is 14.0. The Morgan fingerprint density at radius 2 is 1.85 bits per heavy atom. The van der Waals surface area contributed by atoms with Gasteiger partial charge in [-0.15, -0.1) is 0 Å². The Balaban J connectivity index is 2.39. The van der Waals surface area contributed by atoms with Crippen LogP contribution in [0.3, 0.4) is 0 Å². The van der Waals surface area contributed by atoms with E-state index in [0.29, 0.717) is 11.3 Å². The van der Waals surface area contributed by atoms with Gasteiger partial charge < -0.3 is 4.74 Å². The van der Waals surface area contributed by atoms with Gasteiger partial charge in [0.05, 0.1) is 15.5 Å². The molecular formula is C13H9ClN2O3S. The van der Waals surface area contributed by atoms with Gasteiger partial charge in [0.1, 0.15) is 17.6 Å². The van der Waals surface area contributed by atoms with Gasteiger partial charge in [0.15, 0.2) is 0 Å². The number of ether oxygens (including phenoxy) is 1. The van der Waals surface area contributed by atoms with E-state index >= 15 is 0 Å². The number of sulfonamides is 1. The standard InChI is InChI=1S/C13H9ClN2O3S/c14-11-7-10(20(16,17)18)5-6-13(11)19-12-4-2-1-3-9(12)8-15/h1-7H,(H2,16,17,18). The molecule has 2 aromatic rings. The Bertz CT molecular complexity index is 798. The lowest BCUT2D eigenvalue weighted by Gasteiger charge is -2.09. The molecule has 0 saturated heterocycles. The number of nitrogens with two attached hydrogens (primary N) is 1. The molecule has 0 atom stereocenters.